The van der Waals surface area contributed by atoms with Crippen LogP contribution in [0.25, 0.3) is 33.4 Å². The number of pyridine rings is 2. The van der Waals surface area contributed by atoms with Gasteiger partial charge in [0.2, 0.25) is 0 Å². The molecule has 2 aromatic carbocycles. The van der Waals surface area contributed by atoms with Crippen LogP contribution >= 0.6 is 0 Å². The van der Waals surface area contributed by atoms with Gasteiger partial charge >= 0.3 is 0 Å². The number of benzene rings is 2. The first-order chi connectivity index (χ1) is 11.3. The van der Waals surface area contributed by atoms with Crippen LogP contribution in [0.15, 0.2) is 79.0 Å². The second-order valence-corrected chi connectivity index (χ2v) is 5.57. The Hall–Kier alpha value is -3.00. The molecule has 0 bridgehead atoms. The molecule has 23 heavy (non-hydrogen) atoms. The number of nitrogens with zero attached hydrogens (tertiary/aromatic N) is 2. The highest BCUT2D eigenvalue weighted by Gasteiger charge is 2.14. The Bertz CT molecular complexity index is 961. The lowest BCUT2D eigenvalue weighted by Gasteiger charge is -2.14. The largest absolute Gasteiger partial charge is 0.237 e. The van der Waals surface area contributed by atoms with E-state index in [1.54, 1.807) is 6.20 Å². The molecule has 2 heteroatoms. The first-order valence-corrected chi connectivity index (χ1v) is 7.71. The van der Waals surface area contributed by atoms with E-state index in [0.29, 0.717) is 0 Å². The van der Waals surface area contributed by atoms with E-state index in [1.807, 2.05) is 30.3 Å². The maximum atomic E-state index is 4.82. The molecule has 2 aromatic heterocycles. The molecule has 0 aliphatic carbocycles. The van der Waals surface area contributed by atoms with Crippen LogP contribution in [0.3, 0.4) is 0 Å². The first kappa shape index (κ1) is 13.6. The third-order valence-electron chi connectivity index (χ3n) is 4.11. The molecule has 2 nitrogen and oxygen atoms in total. The van der Waals surface area contributed by atoms with Crippen LogP contribution in [0.4, 0.5) is 0 Å². The predicted octanol–water partition coefficient (Wildman–Crippen LogP) is 5.27. The summed E-state index contributed by atoms with van der Waals surface area (Å²) in [5, 5.41) is 1.09. The smallest absolute Gasteiger partial charge is 0.160 e. The number of fused-ring (bicyclic) bond motifs is 1. The van der Waals surface area contributed by atoms with Crippen LogP contribution in [-0.2, 0) is 0 Å². The molecule has 0 unspecified atom stereocenters. The quantitative estimate of drug-likeness (QED) is 0.503. The Morgan fingerprint density at radius 2 is 1.35 bits per heavy atom. The Morgan fingerprint density at radius 1 is 0.696 bits per heavy atom. The van der Waals surface area contributed by atoms with Crippen molar-refractivity contribution in [2.45, 2.75) is 6.92 Å². The van der Waals surface area contributed by atoms with Crippen molar-refractivity contribution in [3.05, 3.63) is 84.6 Å². The molecular weight excluding hydrogens is 280 g/mol. The van der Waals surface area contributed by atoms with E-state index in [1.165, 1.54) is 16.7 Å². The summed E-state index contributed by atoms with van der Waals surface area (Å²) in [6.07, 6.45) is 1.80. The molecule has 0 atom stereocenters. The van der Waals surface area contributed by atoms with Gasteiger partial charge in [-0.2, -0.15) is 0 Å². The topological polar surface area (TPSA) is 25.8 Å². The normalized spacial score (nSPS) is 10.8. The maximum Gasteiger partial charge on any atom is 0.160 e. The van der Waals surface area contributed by atoms with E-state index < -0.39 is 0 Å². The molecule has 0 spiro atoms. The molecule has 4 aromatic rings. The van der Waals surface area contributed by atoms with Crippen molar-refractivity contribution in [1.29, 1.82) is 0 Å². The van der Waals surface area contributed by atoms with Gasteiger partial charge in [-0.05, 0) is 35.7 Å². The van der Waals surface area contributed by atoms with Gasteiger partial charge in [0.1, 0.15) is 0 Å². The number of aromatic nitrogens is 2. The van der Waals surface area contributed by atoms with E-state index in [2.05, 4.69) is 54.4 Å². The molecular formula is C21H16N2. The van der Waals surface area contributed by atoms with E-state index in [-0.39, 0.29) is 0 Å². The third kappa shape index (κ3) is 2.38. The van der Waals surface area contributed by atoms with Gasteiger partial charge in [0.25, 0.3) is 0 Å². The van der Waals surface area contributed by atoms with Gasteiger partial charge in [-0.1, -0.05) is 60.7 Å². The Balaban J connectivity index is 2.10. The molecule has 0 N–H and O–H groups in total. The monoisotopic (exact) mass is 296 g/mol. The van der Waals surface area contributed by atoms with Crippen LogP contribution in [0.1, 0.15) is 5.56 Å². The van der Waals surface area contributed by atoms with Crippen LogP contribution in [-0.4, -0.2) is 9.97 Å². The lowest BCUT2D eigenvalue weighted by atomic mass is 9.94. The minimum atomic E-state index is 0.788. The summed E-state index contributed by atoms with van der Waals surface area (Å²) in [7, 11) is 0. The van der Waals surface area contributed by atoms with Crippen molar-refractivity contribution in [1.82, 2.24) is 9.97 Å². The number of hydrogen-bond donors (Lipinski definition) is 0. The van der Waals surface area contributed by atoms with Gasteiger partial charge < -0.3 is 0 Å². The van der Waals surface area contributed by atoms with Crippen molar-refractivity contribution in [2.75, 3.05) is 0 Å². The Morgan fingerprint density at radius 3 is 2.04 bits per heavy atom. The summed E-state index contributed by atoms with van der Waals surface area (Å²) in [4.78, 5) is 9.30. The van der Waals surface area contributed by atoms with Gasteiger partial charge in [0, 0.05) is 17.1 Å². The summed E-state index contributed by atoms with van der Waals surface area (Å²) in [6, 6.07) is 24.8. The highest BCUT2D eigenvalue weighted by Crippen LogP contribution is 2.35. The van der Waals surface area contributed by atoms with Crippen molar-refractivity contribution >= 4 is 11.0 Å². The van der Waals surface area contributed by atoms with Gasteiger partial charge in [-0.25, -0.2) is 9.97 Å². The summed E-state index contributed by atoms with van der Waals surface area (Å²) in [6.45, 7) is 2.14. The molecule has 0 saturated carbocycles. The van der Waals surface area contributed by atoms with E-state index in [4.69, 9.17) is 4.98 Å². The maximum absolute atomic E-state index is 4.82. The highest BCUT2D eigenvalue weighted by atomic mass is 14.8. The first-order valence-electron chi connectivity index (χ1n) is 7.71. The van der Waals surface area contributed by atoms with E-state index in [0.717, 1.165) is 22.3 Å². The standard InChI is InChI=1S/C21H16N2/c1-15-19(16-9-4-2-5-10-16)18-13-8-14-22-21(18)23-20(15)17-11-6-3-7-12-17/h2-14H,1H3. The minimum absolute atomic E-state index is 0.788. The zero-order chi connectivity index (χ0) is 15.6. The van der Waals surface area contributed by atoms with Crippen molar-refractivity contribution in [3.63, 3.8) is 0 Å². The fraction of sp³-hybridized carbons (Fsp3) is 0.0476. The molecule has 0 radical (unpaired) electrons. The third-order valence-corrected chi connectivity index (χ3v) is 4.11. The average molecular weight is 296 g/mol. The fourth-order valence-electron chi connectivity index (χ4n) is 3.05. The van der Waals surface area contributed by atoms with Crippen LogP contribution < -0.4 is 0 Å². The number of rotatable bonds is 2. The van der Waals surface area contributed by atoms with Gasteiger partial charge in [-0.15, -0.1) is 0 Å². The van der Waals surface area contributed by atoms with Crippen molar-refractivity contribution in [2.24, 2.45) is 0 Å². The molecule has 0 fully saturated rings. The van der Waals surface area contributed by atoms with E-state index >= 15 is 0 Å². The van der Waals surface area contributed by atoms with Gasteiger partial charge in [0.05, 0.1) is 5.69 Å². The molecule has 2 heterocycles. The fourth-order valence-corrected chi connectivity index (χ4v) is 3.05. The minimum Gasteiger partial charge on any atom is -0.237 e. The summed E-state index contributed by atoms with van der Waals surface area (Å²) in [5.41, 5.74) is 6.49. The predicted molar refractivity (Wildman–Crippen MR) is 95.1 cm³/mol. The molecule has 110 valence electrons. The van der Waals surface area contributed by atoms with E-state index in [9.17, 15) is 0 Å². The van der Waals surface area contributed by atoms with Gasteiger partial charge in [0.15, 0.2) is 5.65 Å². The molecule has 0 aliphatic heterocycles. The van der Waals surface area contributed by atoms with Crippen LogP contribution in [0.2, 0.25) is 0 Å². The van der Waals surface area contributed by atoms with Crippen molar-refractivity contribution in [3.8, 4) is 22.4 Å². The molecule has 0 amide bonds. The van der Waals surface area contributed by atoms with Crippen LogP contribution in [0, 0.1) is 6.92 Å². The lowest BCUT2D eigenvalue weighted by molar-refractivity contribution is 1.26. The lowest BCUT2D eigenvalue weighted by Crippen LogP contribution is -1.96. The van der Waals surface area contributed by atoms with Crippen LogP contribution in [0.5, 0.6) is 0 Å². The number of hydrogen-bond acceptors (Lipinski definition) is 2. The summed E-state index contributed by atoms with van der Waals surface area (Å²) < 4.78 is 0. The second-order valence-electron chi connectivity index (χ2n) is 5.57. The Kier molecular flexibility index (Phi) is 3.35. The summed E-state index contributed by atoms with van der Waals surface area (Å²) in [5.74, 6) is 0. The zero-order valence-corrected chi connectivity index (χ0v) is 12.9. The zero-order valence-electron chi connectivity index (χ0n) is 12.9. The molecule has 4 rings (SSSR count). The Labute approximate surface area is 135 Å². The SMILES string of the molecule is Cc1c(-c2ccccc2)nc2ncccc2c1-c1ccccc1. The summed E-state index contributed by atoms with van der Waals surface area (Å²) >= 11 is 0. The second kappa shape index (κ2) is 5.65. The van der Waals surface area contributed by atoms with Gasteiger partial charge in [-0.3, -0.25) is 0 Å². The highest BCUT2D eigenvalue weighted by molar-refractivity contribution is 5.97. The molecule has 0 aliphatic rings. The molecule has 0 saturated heterocycles. The average Bonchev–Trinajstić information content (AvgIpc) is 2.63. The van der Waals surface area contributed by atoms with Crippen molar-refractivity contribution < 1.29 is 0 Å².